The van der Waals surface area contributed by atoms with E-state index in [1.807, 2.05) is 11.5 Å². The van der Waals surface area contributed by atoms with Gasteiger partial charge in [-0.1, -0.05) is 38.1 Å². The van der Waals surface area contributed by atoms with Gasteiger partial charge in [0.2, 0.25) is 5.91 Å². The molecule has 142 valence electrons. The molecule has 0 saturated heterocycles. The molecule has 1 amide bonds. The van der Waals surface area contributed by atoms with Crippen molar-refractivity contribution in [3.63, 3.8) is 0 Å². The van der Waals surface area contributed by atoms with Gasteiger partial charge in [0.05, 0.1) is 5.92 Å². The zero-order chi connectivity index (χ0) is 18.0. The van der Waals surface area contributed by atoms with E-state index >= 15 is 0 Å². The van der Waals surface area contributed by atoms with E-state index in [-0.39, 0.29) is 30.3 Å². The lowest BCUT2D eigenvalue weighted by atomic mass is 9.97. The first-order valence-corrected chi connectivity index (χ1v) is 8.97. The Morgan fingerprint density at radius 1 is 1.27 bits per heavy atom. The first-order chi connectivity index (χ1) is 12.0. The summed E-state index contributed by atoms with van der Waals surface area (Å²) in [5.74, 6) is 2.37. The minimum Gasteiger partial charge on any atom is -0.354 e. The highest BCUT2D eigenvalue weighted by Crippen LogP contribution is 2.21. The summed E-state index contributed by atoms with van der Waals surface area (Å²) >= 11 is 0. The first-order valence-electron chi connectivity index (χ1n) is 8.97. The number of rotatable bonds is 5. The molecule has 7 heteroatoms. The average molecular weight is 378 g/mol. The molecule has 0 radical (unpaired) electrons. The third-order valence-corrected chi connectivity index (χ3v) is 5.03. The van der Waals surface area contributed by atoms with Crippen LogP contribution in [-0.2, 0) is 17.8 Å². The van der Waals surface area contributed by atoms with E-state index in [4.69, 9.17) is 5.73 Å². The molecule has 6 nitrogen and oxygen atoms in total. The fourth-order valence-corrected chi connectivity index (χ4v) is 3.28. The number of amides is 1. The number of benzene rings is 1. The number of carbonyl (C=O) groups is 1. The SMILES string of the molecule is Cc1nnc2n1CC(C(=O)NCC(N)c1ccc(C(C)C)cc1)CC2.Cl. The maximum atomic E-state index is 12.5. The molecule has 1 aliphatic heterocycles. The Labute approximate surface area is 161 Å². The van der Waals surface area contributed by atoms with Crippen LogP contribution in [0.4, 0.5) is 0 Å². The smallest absolute Gasteiger partial charge is 0.224 e. The third-order valence-electron chi connectivity index (χ3n) is 5.03. The van der Waals surface area contributed by atoms with Gasteiger partial charge < -0.3 is 15.6 Å². The van der Waals surface area contributed by atoms with Crippen LogP contribution < -0.4 is 11.1 Å². The van der Waals surface area contributed by atoms with Crippen LogP contribution in [-0.4, -0.2) is 27.2 Å². The van der Waals surface area contributed by atoms with Crippen LogP contribution in [0.2, 0.25) is 0 Å². The van der Waals surface area contributed by atoms with E-state index in [9.17, 15) is 4.79 Å². The average Bonchev–Trinajstić information content (AvgIpc) is 3.00. The highest BCUT2D eigenvalue weighted by Gasteiger charge is 2.26. The Hall–Kier alpha value is -1.92. The molecule has 3 rings (SSSR count). The number of nitrogens with zero attached hydrogens (tertiary/aromatic N) is 3. The summed E-state index contributed by atoms with van der Waals surface area (Å²) in [6.07, 6.45) is 1.60. The molecule has 2 aromatic rings. The highest BCUT2D eigenvalue weighted by atomic mass is 35.5. The number of fused-ring (bicyclic) bond motifs is 1. The van der Waals surface area contributed by atoms with Gasteiger partial charge in [-0.3, -0.25) is 4.79 Å². The zero-order valence-electron chi connectivity index (χ0n) is 15.6. The van der Waals surface area contributed by atoms with E-state index in [0.29, 0.717) is 19.0 Å². The molecular weight excluding hydrogens is 350 g/mol. The topological polar surface area (TPSA) is 85.8 Å². The lowest BCUT2D eigenvalue weighted by Crippen LogP contribution is -2.39. The first kappa shape index (κ1) is 20.4. The molecule has 2 unspecified atom stereocenters. The van der Waals surface area contributed by atoms with Crippen molar-refractivity contribution in [3.05, 3.63) is 47.0 Å². The number of carbonyl (C=O) groups excluding carboxylic acids is 1. The fraction of sp³-hybridized carbons (Fsp3) is 0.526. The zero-order valence-corrected chi connectivity index (χ0v) is 16.4. The minimum absolute atomic E-state index is 0. The number of aromatic nitrogens is 3. The summed E-state index contributed by atoms with van der Waals surface area (Å²) in [7, 11) is 0. The van der Waals surface area contributed by atoms with E-state index in [0.717, 1.165) is 30.1 Å². The van der Waals surface area contributed by atoms with E-state index < -0.39 is 0 Å². The number of halogens is 1. The van der Waals surface area contributed by atoms with Crippen LogP contribution in [0.15, 0.2) is 24.3 Å². The van der Waals surface area contributed by atoms with Crippen LogP contribution in [0.3, 0.4) is 0 Å². The normalized spacial score (nSPS) is 17.3. The summed E-state index contributed by atoms with van der Waals surface area (Å²) in [4.78, 5) is 12.5. The van der Waals surface area contributed by atoms with Crippen LogP contribution in [0, 0.1) is 12.8 Å². The largest absolute Gasteiger partial charge is 0.354 e. The van der Waals surface area contributed by atoms with Gasteiger partial charge in [-0.25, -0.2) is 0 Å². The predicted molar refractivity (Wildman–Crippen MR) is 104 cm³/mol. The van der Waals surface area contributed by atoms with E-state index in [1.165, 1.54) is 5.56 Å². The third kappa shape index (κ3) is 4.43. The summed E-state index contributed by atoms with van der Waals surface area (Å²) in [5.41, 5.74) is 8.58. The molecule has 3 N–H and O–H groups in total. The van der Waals surface area contributed by atoms with Gasteiger partial charge in [-0.15, -0.1) is 22.6 Å². The van der Waals surface area contributed by atoms with Crippen molar-refractivity contribution in [2.24, 2.45) is 11.7 Å². The van der Waals surface area contributed by atoms with Crippen molar-refractivity contribution in [1.29, 1.82) is 0 Å². The van der Waals surface area contributed by atoms with Crippen molar-refractivity contribution in [2.45, 2.75) is 52.1 Å². The van der Waals surface area contributed by atoms with E-state index in [1.54, 1.807) is 0 Å². The Morgan fingerprint density at radius 3 is 2.58 bits per heavy atom. The van der Waals surface area contributed by atoms with Gasteiger partial charge in [0.1, 0.15) is 11.6 Å². The van der Waals surface area contributed by atoms with Crippen LogP contribution in [0.1, 0.15) is 55.0 Å². The van der Waals surface area contributed by atoms with Gasteiger partial charge in [0.25, 0.3) is 0 Å². The second kappa shape index (κ2) is 8.64. The maximum Gasteiger partial charge on any atom is 0.224 e. The van der Waals surface area contributed by atoms with Crippen molar-refractivity contribution < 1.29 is 4.79 Å². The molecule has 26 heavy (non-hydrogen) atoms. The molecule has 0 bridgehead atoms. The standard InChI is InChI=1S/C19H27N5O.ClH/c1-12(2)14-4-6-15(7-5-14)17(20)10-21-19(25)16-8-9-18-23-22-13(3)24(18)11-16;/h4-7,12,16-17H,8-11,20H2,1-3H3,(H,21,25);1H. The Kier molecular flexibility index (Phi) is 6.78. The summed E-state index contributed by atoms with van der Waals surface area (Å²) in [6, 6.07) is 8.14. The van der Waals surface area contributed by atoms with Crippen LogP contribution in [0.5, 0.6) is 0 Å². The maximum absolute atomic E-state index is 12.5. The second-order valence-corrected chi connectivity index (χ2v) is 7.18. The van der Waals surface area contributed by atoms with Crippen molar-refractivity contribution in [1.82, 2.24) is 20.1 Å². The molecule has 1 aromatic heterocycles. The highest BCUT2D eigenvalue weighted by molar-refractivity contribution is 5.85. The van der Waals surface area contributed by atoms with Crippen molar-refractivity contribution in [2.75, 3.05) is 6.54 Å². The monoisotopic (exact) mass is 377 g/mol. The quantitative estimate of drug-likeness (QED) is 0.838. The Bertz CT molecular complexity index is 741. The molecule has 2 heterocycles. The molecular formula is C19H28ClN5O. The molecule has 0 spiro atoms. The number of hydrogen-bond acceptors (Lipinski definition) is 4. The van der Waals surface area contributed by atoms with Gasteiger partial charge in [-0.2, -0.15) is 0 Å². The fourth-order valence-electron chi connectivity index (χ4n) is 3.28. The Balaban J connectivity index is 0.00000243. The number of aryl methyl sites for hydroxylation is 2. The van der Waals surface area contributed by atoms with Crippen molar-refractivity contribution >= 4 is 18.3 Å². The predicted octanol–water partition coefficient (Wildman–Crippen LogP) is 2.51. The lowest BCUT2D eigenvalue weighted by molar-refractivity contribution is -0.126. The number of nitrogens with one attached hydrogen (secondary N) is 1. The van der Waals surface area contributed by atoms with Crippen LogP contribution in [0.25, 0.3) is 0 Å². The second-order valence-electron chi connectivity index (χ2n) is 7.18. The summed E-state index contributed by atoms with van der Waals surface area (Å²) in [6.45, 7) is 7.36. The summed E-state index contributed by atoms with van der Waals surface area (Å²) < 4.78 is 2.04. The Morgan fingerprint density at radius 2 is 1.92 bits per heavy atom. The molecule has 1 aromatic carbocycles. The van der Waals surface area contributed by atoms with Crippen molar-refractivity contribution in [3.8, 4) is 0 Å². The van der Waals surface area contributed by atoms with Gasteiger partial charge in [0.15, 0.2) is 0 Å². The molecule has 2 atom stereocenters. The van der Waals surface area contributed by atoms with Crippen LogP contribution >= 0.6 is 12.4 Å². The molecule has 1 aliphatic rings. The molecule has 0 aliphatic carbocycles. The lowest BCUT2D eigenvalue weighted by Gasteiger charge is -2.24. The molecule has 0 saturated carbocycles. The number of nitrogens with two attached hydrogens (primary N) is 1. The minimum atomic E-state index is -0.194. The van der Waals surface area contributed by atoms with Gasteiger partial charge in [-0.05, 0) is 30.4 Å². The van der Waals surface area contributed by atoms with Gasteiger partial charge >= 0.3 is 0 Å². The number of hydrogen-bond donors (Lipinski definition) is 2. The summed E-state index contributed by atoms with van der Waals surface area (Å²) in [5, 5.41) is 11.2. The molecule has 0 fully saturated rings. The van der Waals surface area contributed by atoms with Gasteiger partial charge in [0, 0.05) is 25.6 Å². The van der Waals surface area contributed by atoms with E-state index in [2.05, 4.69) is 53.6 Å².